The summed E-state index contributed by atoms with van der Waals surface area (Å²) in [5.41, 5.74) is 2.48. The third kappa shape index (κ3) is 3.16. The average Bonchev–Trinajstić information content (AvgIpc) is 2.40. The van der Waals surface area contributed by atoms with Gasteiger partial charge in [0.05, 0.1) is 14.2 Å². The Morgan fingerprint density at radius 1 is 1.33 bits per heavy atom. The SMILES string of the molecule is C=C/C=C(\C)C(CC)c1ccc(OC)cc1OC. The van der Waals surface area contributed by atoms with Crippen LogP contribution in [0, 0.1) is 0 Å². The molecule has 1 aromatic carbocycles. The Morgan fingerprint density at radius 3 is 2.56 bits per heavy atom. The third-order valence-corrected chi connectivity index (χ3v) is 3.15. The van der Waals surface area contributed by atoms with E-state index in [0.717, 1.165) is 17.9 Å². The molecular weight excluding hydrogens is 224 g/mol. The highest BCUT2D eigenvalue weighted by molar-refractivity contribution is 5.45. The highest BCUT2D eigenvalue weighted by Gasteiger charge is 2.16. The van der Waals surface area contributed by atoms with Gasteiger partial charge in [0.25, 0.3) is 0 Å². The Bertz CT molecular complexity index is 433. The number of rotatable bonds is 6. The molecule has 1 aromatic rings. The fraction of sp³-hybridized carbons (Fsp3) is 0.375. The summed E-state index contributed by atoms with van der Waals surface area (Å²) in [5, 5.41) is 0. The van der Waals surface area contributed by atoms with E-state index in [1.54, 1.807) is 14.2 Å². The molecule has 0 saturated carbocycles. The number of ether oxygens (including phenoxy) is 2. The van der Waals surface area contributed by atoms with E-state index in [-0.39, 0.29) is 0 Å². The van der Waals surface area contributed by atoms with Crippen LogP contribution in [0.1, 0.15) is 31.7 Å². The summed E-state index contributed by atoms with van der Waals surface area (Å²) in [6, 6.07) is 5.98. The zero-order valence-electron chi connectivity index (χ0n) is 11.7. The molecule has 1 atom stereocenters. The quantitative estimate of drug-likeness (QED) is 0.695. The van der Waals surface area contributed by atoms with Gasteiger partial charge < -0.3 is 9.47 Å². The number of hydrogen-bond acceptors (Lipinski definition) is 2. The predicted molar refractivity (Wildman–Crippen MR) is 76.5 cm³/mol. The summed E-state index contributed by atoms with van der Waals surface area (Å²) >= 11 is 0. The molecule has 0 aliphatic heterocycles. The lowest BCUT2D eigenvalue weighted by Crippen LogP contribution is -2.02. The summed E-state index contributed by atoms with van der Waals surface area (Å²) in [5.74, 6) is 2.04. The molecule has 0 radical (unpaired) electrons. The minimum absolute atomic E-state index is 0.351. The molecule has 0 aliphatic rings. The average molecular weight is 246 g/mol. The number of allylic oxidation sites excluding steroid dienone is 3. The lowest BCUT2D eigenvalue weighted by atomic mass is 9.88. The van der Waals surface area contributed by atoms with Crippen molar-refractivity contribution in [3.8, 4) is 11.5 Å². The summed E-state index contributed by atoms with van der Waals surface area (Å²) < 4.78 is 10.7. The van der Waals surface area contributed by atoms with Gasteiger partial charge in [-0.05, 0) is 19.4 Å². The van der Waals surface area contributed by atoms with E-state index in [1.807, 2.05) is 18.2 Å². The minimum Gasteiger partial charge on any atom is -0.497 e. The van der Waals surface area contributed by atoms with Crippen LogP contribution >= 0.6 is 0 Å². The van der Waals surface area contributed by atoms with Gasteiger partial charge in [0.1, 0.15) is 11.5 Å². The van der Waals surface area contributed by atoms with Crippen molar-refractivity contribution < 1.29 is 9.47 Å². The molecule has 1 unspecified atom stereocenters. The Hall–Kier alpha value is -1.70. The van der Waals surface area contributed by atoms with Gasteiger partial charge in [0.15, 0.2) is 0 Å². The van der Waals surface area contributed by atoms with Crippen molar-refractivity contribution in [2.45, 2.75) is 26.2 Å². The highest BCUT2D eigenvalue weighted by atomic mass is 16.5. The maximum atomic E-state index is 5.47. The van der Waals surface area contributed by atoms with Gasteiger partial charge in [-0.25, -0.2) is 0 Å². The molecule has 0 saturated heterocycles. The maximum absolute atomic E-state index is 5.47. The number of hydrogen-bond donors (Lipinski definition) is 0. The van der Waals surface area contributed by atoms with Gasteiger partial charge in [0, 0.05) is 17.5 Å². The first-order chi connectivity index (χ1) is 8.67. The van der Waals surface area contributed by atoms with Crippen molar-refractivity contribution in [1.82, 2.24) is 0 Å². The van der Waals surface area contributed by atoms with Gasteiger partial charge in [-0.2, -0.15) is 0 Å². The van der Waals surface area contributed by atoms with E-state index >= 15 is 0 Å². The Morgan fingerprint density at radius 2 is 2.06 bits per heavy atom. The van der Waals surface area contributed by atoms with Crippen molar-refractivity contribution in [2.24, 2.45) is 0 Å². The standard InChI is InChI=1S/C16H22O2/c1-6-8-12(3)14(7-2)15-10-9-13(17-4)11-16(15)18-5/h6,8-11,14H,1,7H2,2-5H3/b12-8+. The number of benzene rings is 1. The van der Waals surface area contributed by atoms with E-state index in [4.69, 9.17) is 9.47 Å². The summed E-state index contributed by atoms with van der Waals surface area (Å²) in [7, 11) is 3.35. The lowest BCUT2D eigenvalue weighted by molar-refractivity contribution is 0.389. The molecule has 0 amide bonds. The molecule has 1 rings (SSSR count). The number of methoxy groups -OCH3 is 2. The predicted octanol–water partition coefficient (Wildman–Crippen LogP) is 4.33. The molecule has 0 spiro atoms. The molecule has 98 valence electrons. The fourth-order valence-corrected chi connectivity index (χ4v) is 2.20. The van der Waals surface area contributed by atoms with Crippen molar-refractivity contribution in [3.05, 3.63) is 48.1 Å². The molecule has 0 N–H and O–H groups in total. The van der Waals surface area contributed by atoms with Crippen LogP contribution in [0.25, 0.3) is 0 Å². The normalized spacial score (nSPS) is 13.0. The van der Waals surface area contributed by atoms with Gasteiger partial charge in [-0.15, -0.1) is 0 Å². The van der Waals surface area contributed by atoms with Gasteiger partial charge in [-0.3, -0.25) is 0 Å². The maximum Gasteiger partial charge on any atom is 0.126 e. The van der Waals surface area contributed by atoms with Gasteiger partial charge in [0.2, 0.25) is 0 Å². The Balaban J connectivity index is 3.20. The van der Waals surface area contributed by atoms with Crippen LogP contribution in [0.15, 0.2) is 42.5 Å². The molecule has 0 aromatic heterocycles. The second-order valence-electron chi connectivity index (χ2n) is 4.22. The van der Waals surface area contributed by atoms with E-state index in [0.29, 0.717) is 5.92 Å². The molecule has 0 aliphatic carbocycles. The van der Waals surface area contributed by atoms with Crippen molar-refractivity contribution in [2.75, 3.05) is 14.2 Å². The summed E-state index contributed by atoms with van der Waals surface area (Å²) in [6.07, 6.45) is 4.91. The van der Waals surface area contributed by atoms with Gasteiger partial charge in [-0.1, -0.05) is 37.3 Å². The summed E-state index contributed by atoms with van der Waals surface area (Å²) in [4.78, 5) is 0. The zero-order chi connectivity index (χ0) is 13.5. The molecule has 0 fully saturated rings. The van der Waals surface area contributed by atoms with Crippen LogP contribution in [-0.2, 0) is 0 Å². The topological polar surface area (TPSA) is 18.5 Å². The second kappa shape index (κ2) is 6.90. The Labute approximate surface area is 110 Å². The van der Waals surface area contributed by atoms with E-state index < -0.39 is 0 Å². The molecule has 0 heterocycles. The van der Waals surface area contributed by atoms with Crippen molar-refractivity contribution in [3.63, 3.8) is 0 Å². The summed E-state index contributed by atoms with van der Waals surface area (Å²) in [6.45, 7) is 8.05. The lowest BCUT2D eigenvalue weighted by Gasteiger charge is -2.19. The first-order valence-corrected chi connectivity index (χ1v) is 6.19. The molecular formula is C16H22O2. The Kier molecular flexibility index (Phi) is 5.50. The first kappa shape index (κ1) is 14.4. The van der Waals surface area contributed by atoms with Crippen LogP contribution in [0.4, 0.5) is 0 Å². The van der Waals surface area contributed by atoms with Crippen molar-refractivity contribution >= 4 is 0 Å². The van der Waals surface area contributed by atoms with Crippen molar-refractivity contribution in [1.29, 1.82) is 0 Å². The zero-order valence-corrected chi connectivity index (χ0v) is 11.7. The van der Waals surface area contributed by atoms with E-state index in [2.05, 4.69) is 32.6 Å². The minimum atomic E-state index is 0.351. The van der Waals surface area contributed by atoms with Crippen LogP contribution in [0.3, 0.4) is 0 Å². The molecule has 2 heteroatoms. The van der Waals surface area contributed by atoms with E-state index in [9.17, 15) is 0 Å². The monoisotopic (exact) mass is 246 g/mol. The van der Waals surface area contributed by atoms with Gasteiger partial charge >= 0.3 is 0 Å². The van der Waals surface area contributed by atoms with E-state index in [1.165, 1.54) is 11.1 Å². The van der Waals surface area contributed by atoms with Crippen LogP contribution in [0.2, 0.25) is 0 Å². The van der Waals surface area contributed by atoms with Crippen LogP contribution in [-0.4, -0.2) is 14.2 Å². The largest absolute Gasteiger partial charge is 0.497 e. The smallest absolute Gasteiger partial charge is 0.126 e. The first-order valence-electron chi connectivity index (χ1n) is 6.19. The highest BCUT2D eigenvalue weighted by Crippen LogP contribution is 2.36. The van der Waals surface area contributed by atoms with Crippen LogP contribution < -0.4 is 9.47 Å². The second-order valence-corrected chi connectivity index (χ2v) is 4.22. The van der Waals surface area contributed by atoms with Crippen LogP contribution in [0.5, 0.6) is 11.5 Å². The third-order valence-electron chi connectivity index (χ3n) is 3.15. The fourth-order valence-electron chi connectivity index (χ4n) is 2.20. The molecule has 0 bridgehead atoms. The molecule has 18 heavy (non-hydrogen) atoms. The molecule has 2 nitrogen and oxygen atoms in total.